The number of nitrogens with two attached hydrogens (primary N) is 1. The summed E-state index contributed by atoms with van der Waals surface area (Å²) < 4.78 is 36.1. The van der Waals surface area contributed by atoms with Gasteiger partial charge in [0, 0.05) is 6.04 Å². The maximum Gasteiger partial charge on any atom is 0.298 e. The largest absolute Gasteiger partial charge is 0.495 e. The van der Waals surface area contributed by atoms with Gasteiger partial charge in [-0.25, -0.2) is 0 Å². The van der Waals surface area contributed by atoms with Crippen molar-refractivity contribution >= 4 is 10.1 Å². The van der Waals surface area contributed by atoms with E-state index < -0.39 is 10.1 Å². The Hall–Kier alpha value is -1.11. The van der Waals surface area contributed by atoms with Gasteiger partial charge in [-0.2, -0.15) is 8.42 Å². The number of rotatable bonds is 4. The molecule has 0 heterocycles. The maximum absolute atomic E-state index is 11.1. The third-order valence-corrected chi connectivity index (χ3v) is 2.94. The molecule has 0 aliphatic heterocycles. The number of methoxy groups -OCH3 is 1. The maximum atomic E-state index is 11.1. The highest BCUT2D eigenvalue weighted by molar-refractivity contribution is 7.86. The van der Waals surface area contributed by atoms with Crippen molar-refractivity contribution in [2.75, 3.05) is 7.11 Å². The van der Waals surface area contributed by atoms with E-state index in [0.29, 0.717) is 6.42 Å². The number of benzene rings is 1. The van der Waals surface area contributed by atoms with Crippen molar-refractivity contribution in [3.8, 4) is 5.75 Å². The highest BCUT2D eigenvalue weighted by Crippen LogP contribution is 2.24. The molecule has 0 aliphatic carbocycles. The van der Waals surface area contributed by atoms with Crippen LogP contribution in [0.2, 0.25) is 0 Å². The summed E-state index contributed by atoms with van der Waals surface area (Å²) in [4.78, 5) is -0.229. The molecule has 1 atom stereocenters. The Labute approximate surface area is 109 Å². The lowest BCUT2D eigenvalue weighted by atomic mass is 10.1. The number of ether oxygens (including phenoxy) is 1. The van der Waals surface area contributed by atoms with Crippen LogP contribution in [0.25, 0.3) is 0 Å². The average molecular weight is 275 g/mol. The highest BCUT2D eigenvalue weighted by atomic mass is 32.2. The van der Waals surface area contributed by atoms with E-state index in [-0.39, 0.29) is 16.7 Å². The molecule has 1 aromatic carbocycles. The van der Waals surface area contributed by atoms with Gasteiger partial charge in [-0.05, 0) is 31.0 Å². The van der Waals surface area contributed by atoms with Crippen LogP contribution < -0.4 is 10.5 Å². The van der Waals surface area contributed by atoms with Crippen LogP contribution in [0.1, 0.15) is 26.3 Å². The molecule has 0 saturated carbocycles. The number of hydrogen-bond acceptors (Lipinski definition) is 4. The van der Waals surface area contributed by atoms with Crippen LogP contribution >= 0.6 is 0 Å². The molecule has 5 nitrogen and oxygen atoms in total. The van der Waals surface area contributed by atoms with Gasteiger partial charge in [0.05, 0.1) is 7.11 Å². The second kappa shape index (κ2) is 7.35. The van der Waals surface area contributed by atoms with E-state index in [1.807, 2.05) is 20.8 Å². The van der Waals surface area contributed by atoms with E-state index in [1.54, 1.807) is 6.07 Å². The van der Waals surface area contributed by atoms with Crippen LogP contribution in [0.15, 0.2) is 23.1 Å². The minimum Gasteiger partial charge on any atom is -0.495 e. The van der Waals surface area contributed by atoms with E-state index >= 15 is 0 Å². The zero-order valence-electron chi connectivity index (χ0n) is 11.2. The summed E-state index contributed by atoms with van der Waals surface area (Å²) in [5.74, 6) is 0.121. The van der Waals surface area contributed by atoms with Gasteiger partial charge < -0.3 is 10.5 Å². The first kappa shape index (κ1) is 16.9. The molecule has 0 saturated heterocycles. The quantitative estimate of drug-likeness (QED) is 0.819. The molecule has 3 N–H and O–H groups in total. The predicted octanol–water partition coefficient (Wildman–Crippen LogP) is 1.86. The summed E-state index contributed by atoms with van der Waals surface area (Å²) in [6.07, 6.45) is 0.534. The Morgan fingerprint density at radius 2 is 1.94 bits per heavy atom. The Morgan fingerprint density at radius 3 is 2.33 bits per heavy atom. The van der Waals surface area contributed by atoms with Crippen molar-refractivity contribution in [2.24, 2.45) is 5.73 Å². The van der Waals surface area contributed by atoms with E-state index in [2.05, 4.69) is 0 Å². The zero-order valence-corrected chi connectivity index (χ0v) is 12.0. The van der Waals surface area contributed by atoms with E-state index in [9.17, 15) is 8.42 Å². The molecule has 0 radical (unpaired) electrons. The normalized spacial score (nSPS) is 12.3. The van der Waals surface area contributed by atoms with Gasteiger partial charge in [0.15, 0.2) is 0 Å². The predicted molar refractivity (Wildman–Crippen MR) is 71.5 cm³/mol. The molecule has 0 fully saturated rings. The van der Waals surface area contributed by atoms with Gasteiger partial charge in [0.25, 0.3) is 10.1 Å². The highest BCUT2D eigenvalue weighted by Gasteiger charge is 2.17. The van der Waals surface area contributed by atoms with Gasteiger partial charge in [-0.1, -0.05) is 19.9 Å². The molecule has 1 aromatic rings. The first-order chi connectivity index (χ1) is 8.34. The Bertz CT molecular complexity index is 469. The van der Waals surface area contributed by atoms with Crippen LogP contribution in [0.4, 0.5) is 0 Å². The van der Waals surface area contributed by atoms with Crippen molar-refractivity contribution < 1.29 is 17.7 Å². The lowest BCUT2D eigenvalue weighted by Gasteiger charge is -2.10. The standard InChI is InChI=1S/C10H15NO4S.C2H6/c1-7(11)5-8-3-4-9(15-2)10(6-8)16(12,13)14;1-2/h3-4,6-7H,5,11H2,1-2H3,(H,12,13,14);1-2H3/t7-;/m1./s1. The molecular weight excluding hydrogens is 254 g/mol. The average Bonchev–Trinajstić information content (AvgIpc) is 2.29. The lowest BCUT2D eigenvalue weighted by Crippen LogP contribution is -2.18. The van der Waals surface area contributed by atoms with Crippen LogP contribution in [-0.4, -0.2) is 26.1 Å². The zero-order chi connectivity index (χ0) is 14.3. The molecular formula is C12H21NO4S. The molecule has 0 unspecified atom stereocenters. The number of hydrogen-bond donors (Lipinski definition) is 2. The van der Waals surface area contributed by atoms with Crippen LogP contribution in [-0.2, 0) is 16.5 Å². The molecule has 0 aromatic heterocycles. The Morgan fingerprint density at radius 1 is 1.39 bits per heavy atom. The van der Waals surface area contributed by atoms with Crippen LogP contribution in [0.3, 0.4) is 0 Å². The Balaban J connectivity index is 0.00000137. The van der Waals surface area contributed by atoms with Crippen molar-refractivity contribution in [2.45, 2.75) is 38.1 Å². The summed E-state index contributed by atoms with van der Waals surface area (Å²) in [6.45, 7) is 5.82. The molecule has 104 valence electrons. The molecule has 0 amide bonds. The molecule has 0 bridgehead atoms. The first-order valence-corrected chi connectivity index (χ1v) is 7.18. The molecule has 18 heavy (non-hydrogen) atoms. The minimum atomic E-state index is -4.27. The first-order valence-electron chi connectivity index (χ1n) is 5.74. The fourth-order valence-electron chi connectivity index (χ4n) is 1.42. The summed E-state index contributed by atoms with van der Waals surface area (Å²) in [7, 11) is -2.93. The Kier molecular flexibility index (Phi) is 6.90. The topological polar surface area (TPSA) is 89.6 Å². The monoisotopic (exact) mass is 275 g/mol. The molecule has 1 rings (SSSR count). The van der Waals surface area contributed by atoms with E-state index in [4.69, 9.17) is 15.0 Å². The van der Waals surface area contributed by atoms with Crippen molar-refractivity contribution in [3.63, 3.8) is 0 Å². The van der Waals surface area contributed by atoms with Gasteiger partial charge >= 0.3 is 0 Å². The van der Waals surface area contributed by atoms with Crippen molar-refractivity contribution in [1.29, 1.82) is 0 Å². The van der Waals surface area contributed by atoms with E-state index in [0.717, 1.165) is 5.56 Å². The summed E-state index contributed by atoms with van der Waals surface area (Å²) in [6, 6.07) is 4.51. The van der Waals surface area contributed by atoms with Crippen molar-refractivity contribution in [3.05, 3.63) is 23.8 Å². The van der Waals surface area contributed by atoms with Gasteiger partial charge in [-0.15, -0.1) is 0 Å². The second-order valence-electron chi connectivity index (χ2n) is 3.64. The minimum absolute atomic E-state index is 0.0809. The fraction of sp³-hybridized carbons (Fsp3) is 0.500. The van der Waals surface area contributed by atoms with Gasteiger partial charge in [0.2, 0.25) is 0 Å². The third kappa shape index (κ3) is 5.03. The SMILES string of the molecule is CC.COc1ccc(C[C@@H](C)N)cc1S(=O)(=O)O. The van der Waals surface area contributed by atoms with Crippen LogP contribution in [0, 0.1) is 0 Å². The molecule has 0 spiro atoms. The summed E-state index contributed by atoms with van der Waals surface area (Å²) >= 11 is 0. The summed E-state index contributed by atoms with van der Waals surface area (Å²) in [5.41, 5.74) is 6.35. The second-order valence-corrected chi connectivity index (χ2v) is 5.03. The lowest BCUT2D eigenvalue weighted by molar-refractivity contribution is 0.397. The van der Waals surface area contributed by atoms with Crippen LogP contribution in [0.5, 0.6) is 5.75 Å². The van der Waals surface area contributed by atoms with Crippen molar-refractivity contribution in [1.82, 2.24) is 0 Å². The third-order valence-electron chi connectivity index (χ3n) is 2.06. The fourth-order valence-corrected chi connectivity index (χ4v) is 2.13. The molecule has 6 heteroatoms. The van der Waals surface area contributed by atoms with Gasteiger partial charge in [-0.3, -0.25) is 4.55 Å². The van der Waals surface area contributed by atoms with Gasteiger partial charge in [0.1, 0.15) is 10.6 Å². The smallest absolute Gasteiger partial charge is 0.298 e. The summed E-state index contributed by atoms with van der Waals surface area (Å²) in [5, 5.41) is 0. The van der Waals surface area contributed by atoms with E-state index in [1.165, 1.54) is 19.2 Å². The molecule has 0 aliphatic rings.